The largest absolute Gasteiger partial charge is 0.394 e. The average molecular weight is 1570 g/mol. The van der Waals surface area contributed by atoms with E-state index in [1.54, 1.807) is 6.08 Å². The van der Waals surface area contributed by atoms with Crippen LogP contribution in [0.4, 0.5) is 0 Å². The van der Waals surface area contributed by atoms with Crippen LogP contribution < -0.4 is 5.32 Å². The number of rotatable bonds is 69. The van der Waals surface area contributed by atoms with Crippen LogP contribution in [0.25, 0.3) is 0 Å². The van der Waals surface area contributed by atoms with E-state index < -0.39 is 124 Å². The highest BCUT2D eigenvalue weighted by Gasteiger charge is 2.54. The van der Waals surface area contributed by atoms with E-state index in [1.807, 2.05) is 6.08 Å². The number of allylic oxidation sites excluding steroid dienone is 21. The van der Waals surface area contributed by atoms with Crippen molar-refractivity contribution in [2.24, 2.45) is 0 Å². The Morgan fingerprint density at radius 3 is 0.973 bits per heavy atom. The van der Waals surface area contributed by atoms with Gasteiger partial charge in [0.2, 0.25) is 5.91 Å². The molecule has 0 aliphatic carbocycles. The van der Waals surface area contributed by atoms with Gasteiger partial charge in [0.1, 0.15) is 73.2 Å². The highest BCUT2D eigenvalue weighted by Crippen LogP contribution is 2.33. The number of ether oxygens (including phenoxy) is 6. The predicted octanol–water partition coefficient (Wildman–Crippen LogP) is 16.4. The number of aliphatic hydroxyl groups excluding tert-OH is 11. The zero-order valence-electron chi connectivity index (χ0n) is 68.6. The Kier molecular flexibility index (Phi) is 63.9. The van der Waals surface area contributed by atoms with Crippen LogP contribution in [-0.4, -0.2) is 193 Å². The van der Waals surface area contributed by atoms with E-state index in [0.717, 1.165) is 128 Å². The lowest BCUT2D eigenvalue weighted by molar-refractivity contribution is -0.379. The average Bonchev–Trinajstić information content (AvgIpc) is 0.779. The normalized spacial score (nSPS) is 25.7. The highest BCUT2D eigenvalue weighted by molar-refractivity contribution is 5.76. The van der Waals surface area contributed by atoms with Gasteiger partial charge in [-0.2, -0.15) is 0 Å². The number of amides is 1. The van der Waals surface area contributed by atoms with Crippen molar-refractivity contribution in [1.82, 2.24) is 5.32 Å². The minimum Gasteiger partial charge on any atom is -0.394 e. The van der Waals surface area contributed by atoms with Crippen LogP contribution >= 0.6 is 0 Å². The summed E-state index contributed by atoms with van der Waals surface area (Å²) in [5.74, 6) is -0.292. The molecular weight excluding hydrogens is 1410 g/mol. The Labute approximate surface area is 670 Å². The molecule has 638 valence electrons. The van der Waals surface area contributed by atoms with Crippen LogP contribution in [0.1, 0.15) is 309 Å². The Morgan fingerprint density at radius 2 is 0.622 bits per heavy atom. The number of carbonyl (C=O) groups is 1. The number of hydrogen-bond donors (Lipinski definition) is 12. The molecule has 3 rings (SSSR count). The summed E-state index contributed by atoms with van der Waals surface area (Å²) in [6, 6.07) is -0.994. The molecule has 19 nitrogen and oxygen atoms in total. The zero-order valence-corrected chi connectivity index (χ0v) is 68.6. The van der Waals surface area contributed by atoms with Crippen molar-refractivity contribution in [1.29, 1.82) is 0 Å². The maximum absolute atomic E-state index is 13.5. The molecule has 111 heavy (non-hydrogen) atoms. The Morgan fingerprint density at radius 1 is 0.333 bits per heavy atom. The van der Waals surface area contributed by atoms with E-state index >= 15 is 0 Å². The van der Waals surface area contributed by atoms with Crippen LogP contribution in [-0.2, 0) is 33.2 Å². The zero-order chi connectivity index (χ0) is 80.3. The molecule has 3 aliphatic rings. The molecule has 3 heterocycles. The lowest BCUT2D eigenvalue weighted by Crippen LogP contribution is -2.66. The van der Waals surface area contributed by atoms with Gasteiger partial charge in [-0.15, -0.1) is 0 Å². The molecule has 0 aromatic rings. The maximum Gasteiger partial charge on any atom is 0.220 e. The fourth-order valence-electron chi connectivity index (χ4n) is 14.0. The first kappa shape index (κ1) is 101. The van der Waals surface area contributed by atoms with Gasteiger partial charge in [0.25, 0.3) is 0 Å². The first-order valence-corrected chi connectivity index (χ1v) is 43.9. The first-order chi connectivity index (χ1) is 54.3. The van der Waals surface area contributed by atoms with E-state index in [2.05, 4.69) is 141 Å². The van der Waals surface area contributed by atoms with Crippen molar-refractivity contribution in [3.63, 3.8) is 0 Å². The minimum atomic E-state index is -1.99. The topological polar surface area (TPSA) is 307 Å². The van der Waals surface area contributed by atoms with E-state index in [9.17, 15) is 61.0 Å². The second kappa shape index (κ2) is 70.2. The second-order valence-corrected chi connectivity index (χ2v) is 30.6. The lowest BCUT2D eigenvalue weighted by Gasteiger charge is -2.48. The van der Waals surface area contributed by atoms with Gasteiger partial charge in [-0.3, -0.25) is 4.79 Å². The summed E-state index contributed by atoms with van der Waals surface area (Å²) in [4.78, 5) is 13.5. The summed E-state index contributed by atoms with van der Waals surface area (Å²) in [6.45, 7) is 1.64. The van der Waals surface area contributed by atoms with Crippen molar-refractivity contribution in [2.75, 3.05) is 26.4 Å². The van der Waals surface area contributed by atoms with Gasteiger partial charge in [0.15, 0.2) is 18.9 Å². The van der Waals surface area contributed by atoms with E-state index in [0.29, 0.717) is 6.42 Å². The molecular formula is C92H157NO18. The summed E-state index contributed by atoms with van der Waals surface area (Å²) in [5, 5.41) is 121. The predicted molar refractivity (Wildman–Crippen MR) is 447 cm³/mol. The maximum atomic E-state index is 13.5. The number of carbonyl (C=O) groups excluding carboxylic acids is 1. The van der Waals surface area contributed by atoms with Gasteiger partial charge in [-0.1, -0.05) is 340 Å². The molecule has 1 amide bonds. The van der Waals surface area contributed by atoms with E-state index in [4.69, 9.17) is 28.4 Å². The molecule has 3 aliphatic heterocycles. The van der Waals surface area contributed by atoms with E-state index in [-0.39, 0.29) is 18.9 Å². The SMILES string of the molecule is CC/C=C\C/C=C\C/C=C\C/C=C\C/C=C\C/C=C\C/C=C\C/C=C\C/C=C\C/C=C\CCCCCCCCC(=O)NC(COC1OC(CO)C(OC2OC(CO)C(OC3OC(CO)C(O)C(O)C3O)C(O)C2O)C(O)C1O)C(O)/C=C/CCCCCCCCCCCCCCCCCCCCCCCCCCCCC. The third-order valence-electron chi connectivity index (χ3n) is 21.0. The third kappa shape index (κ3) is 48.9. The molecule has 12 N–H and O–H groups in total. The van der Waals surface area contributed by atoms with Crippen molar-refractivity contribution >= 4 is 5.91 Å². The first-order valence-electron chi connectivity index (χ1n) is 43.9. The Balaban J connectivity index is 1.36. The van der Waals surface area contributed by atoms with Gasteiger partial charge in [-0.25, -0.2) is 0 Å². The quantitative estimate of drug-likeness (QED) is 0.0199. The number of aliphatic hydroxyl groups is 11. The standard InChI is InChI=1S/C92H157NO18/c1-3-5-7-9-11-13-15-17-19-21-23-25-27-29-31-33-34-35-36-37-38-39-40-42-44-46-48-50-52-54-56-58-60-62-64-66-68-70-80(98)93-75(76(97)69-67-65-63-61-59-57-55-53-51-49-47-45-43-41-32-30-28-26-24-22-20-18-16-14-12-10-8-6-4-2)74-106-90-86(104)83(101)88(78(72-95)108-90)111-92-87(105)84(102)89(79(73-96)109-92)110-91-85(103)82(100)81(99)77(71-94)107-91/h5,7,11,13,17,19,23,25,29,31,34-35,37-38,40,42,46,48,52,54,67,69,75-79,81-92,94-97,99-105H,3-4,6,8-10,12,14-16,18,20-22,24,26-28,30,32-33,36,39,41,43-45,47,49-51,53,55-66,68,70-74H2,1-2H3,(H,93,98)/b7-5-,13-11-,19-17-,25-23-,31-29-,35-34-,38-37-,42-40-,48-46-,54-52-,69-67+. The minimum absolute atomic E-state index is 0.218. The van der Waals surface area contributed by atoms with Crippen LogP contribution in [0, 0.1) is 0 Å². The monoisotopic (exact) mass is 1560 g/mol. The number of nitrogens with one attached hydrogen (secondary N) is 1. The molecule has 17 unspecified atom stereocenters. The van der Waals surface area contributed by atoms with Crippen molar-refractivity contribution < 1.29 is 89.4 Å². The van der Waals surface area contributed by atoms with Crippen LogP contribution in [0.15, 0.2) is 134 Å². The summed E-state index contributed by atoms with van der Waals surface area (Å²) < 4.78 is 34.5. The van der Waals surface area contributed by atoms with Crippen LogP contribution in [0.2, 0.25) is 0 Å². The molecule has 19 heteroatoms. The molecule has 0 spiro atoms. The second-order valence-electron chi connectivity index (χ2n) is 30.6. The summed E-state index contributed by atoms with van der Waals surface area (Å²) in [5.41, 5.74) is 0. The van der Waals surface area contributed by atoms with Gasteiger partial charge in [0, 0.05) is 6.42 Å². The molecule has 3 fully saturated rings. The van der Waals surface area contributed by atoms with Crippen molar-refractivity contribution in [3.8, 4) is 0 Å². The summed E-state index contributed by atoms with van der Waals surface area (Å²) >= 11 is 0. The molecule has 0 radical (unpaired) electrons. The summed E-state index contributed by atoms with van der Waals surface area (Å²) in [6.07, 6.45) is 74.3. The van der Waals surface area contributed by atoms with Gasteiger partial charge in [-0.05, 0) is 96.3 Å². The molecule has 0 saturated carbocycles. The molecule has 3 saturated heterocycles. The Hall–Kier alpha value is -4.07. The molecule has 0 bridgehead atoms. The lowest BCUT2D eigenvalue weighted by atomic mass is 9.96. The molecule has 17 atom stereocenters. The Bertz CT molecular complexity index is 2530. The van der Waals surface area contributed by atoms with Crippen molar-refractivity contribution in [2.45, 2.75) is 413 Å². The molecule has 0 aromatic heterocycles. The fraction of sp³-hybridized carbons (Fsp3) is 0.750. The van der Waals surface area contributed by atoms with E-state index in [1.165, 1.54) is 154 Å². The van der Waals surface area contributed by atoms with Crippen LogP contribution in [0.3, 0.4) is 0 Å². The fourth-order valence-corrected chi connectivity index (χ4v) is 14.0. The van der Waals surface area contributed by atoms with Gasteiger partial charge in [0.05, 0.1) is 38.6 Å². The van der Waals surface area contributed by atoms with Gasteiger partial charge >= 0.3 is 0 Å². The smallest absolute Gasteiger partial charge is 0.220 e. The number of hydrogen-bond acceptors (Lipinski definition) is 18. The van der Waals surface area contributed by atoms with Crippen LogP contribution in [0.5, 0.6) is 0 Å². The highest BCUT2D eigenvalue weighted by atomic mass is 16.8. The van der Waals surface area contributed by atoms with Crippen molar-refractivity contribution in [3.05, 3.63) is 134 Å². The third-order valence-corrected chi connectivity index (χ3v) is 21.0. The van der Waals surface area contributed by atoms with Gasteiger partial charge < -0.3 is 89.9 Å². The number of unbranched alkanes of at least 4 members (excludes halogenated alkanes) is 33. The molecule has 0 aromatic carbocycles. The summed E-state index contributed by atoms with van der Waals surface area (Å²) in [7, 11) is 0.